The van der Waals surface area contributed by atoms with Gasteiger partial charge >= 0.3 is 5.69 Å². The third kappa shape index (κ3) is 3.86. The van der Waals surface area contributed by atoms with Crippen molar-refractivity contribution in [2.24, 2.45) is 5.73 Å². The molecule has 5 atom stereocenters. The lowest BCUT2D eigenvalue weighted by Gasteiger charge is -2.27. The molecule has 170 valence electrons. The predicted octanol–water partition coefficient (Wildman–Crippen LogP) is -0.765. The molecule has 1 aliphatic rings. The van der Waals surface area contributed by atoms with Crippen molar-refractivity contribution < 1.29 is 24.9 Å². The number of H-pyrrole nitrogens is 1. The highest BCUT2D eigenvalue weighted by Gasteiger charge is 2.53. The number of primary amides is 1. The first-order chi connectivity index (χ1) is 15.2. The molecule has 1 saturated heterocycles. The molecule has 2 unspecified atom stereocenters. The Labute approximate surface area is 182 Å². The van der Waals surface area contributed by atoms with Crippen LogP contribution in [-0.4, -0.2) is 66.2 Å². The first kappa shape index (κ1) is 22.0. The van der Waals surface area contributed by atoms with Gasteiger partial charge in [0.2, 0.25) is 5.91 Å². The van der Waals surface area contributed by atoms with Crippen LogP contribution in [0.3, 0.4) is 0 Å². The Morgan fingerprint density at radius 2 is 2.16 bits per heavy atom. The number of aromatic amines is 1. The lowest BCUT2D eigenvalue weighted by Crippen LogP contribution is -2.46. The molecule has 1 amide bonds. The van der Waals surface area contributed by atoms with E-state index >= 15 is 0 Å². The summed E-state index contributed by atoms with van der Waals surface area (Å²) in [5.41, 5.74) is 4.78. The molecule has 7 N–H and O–H groups in total. The van der Waals surface area contributed by atoms with E-state index in [4.69, 9.17) is 10.5 Å². The summed E-state index contributed by atoms with van der Waals surface area (Å²) in [6.07, 6.45) is -0.285. The number of carbonyl (C=O) groups excluding carboxylic acids is 1. The zero-order valence-corrected chi connectivity index (χ0v) is 17.3. The van der Waals surface area contributed by atoms with Gasteiger partial charge in [-0.25, -0.2) is 4.79 Å². The van der Waals surface area contributed by atoms with E-state index in [9.17, 15) is 24.9 Å². The van der Waals surface area contributed by atoms with E-state index in [2.05, 4.69) is 15.3 Å². The van der Waals surface area contributed by atoms with Crippen LogP contribution >= 0.6 is 0 Å². The summed E-state index contributed by atoms with van der Waals surface area (Å²) >= 11 is 0. The van der Waals surface area contributed by atoms with Gasteiger partial charge in [0.25, 0.3) is 0 Å². The normalized spacial score (nSPS) is 26.3. The van der Waals surface area contributed by atoms with Gasteiger partial charge in [0.15, 0.2) is 6.23 Å². The maximum Gasteiger partial charge on any atom is 0.351 e. The van der Waals surface area contributed by atoms with Crippen molar-refractivity contribution in [1.29, 1.82) is 0 Å². The van der Waals surface area contributed by atoms with Crippen LogP contribution < -0.4 is 16.7 Å². The Morgan fingerprint density at radius 3 is 2.81 bits per heavy atom. The van der Waals surface area contributed by atoms with E-state index in [1.54, 1.807) is 6.20 Å². The van der Waals surface area contributed by atoms with Crippen molar-refractivity contribution in [1.82, 2.24) is 14.5 Å². The minimum atomic E-state index is -1.82. The standard InChI is InChI=1S/C21H25N5O6/c1-21(31)17(28)15(10-27)32-19(21)26-7-6-16(25-20(26)30)24-14(18(22)29)8-11-9-23-13-5-3-2-4-12(11)13/h2-7,9,14-15,17,19,23,27-28,31H,8,10H2,1H3,(H2,22,29)(H,24,25,30)/t14?,15-,17-,19?,21-/m1/s1. The van der Waals surface area contributed by atoms with Gasteiger partial charge in [-0.2, -0.15) is 4.98 Å². The fourth-order valence-corrected chi connectivity index (χ4v) is 3.98. The Hall–Kier alpha value is -3.25. The molecule has 32 heavy (non-hydrogen) atoms. The number of ether oxygens (including phenoxy) is 1. The van der Waals surface area contributed by atoms with Crippen LogP contribution in [0.2, 0.25) is 0 Å². The summed E-state index contributed by atoms with van der Waals surface area (Å²) in [6.45, 7) is 0.782. The van der Waals surface area contributed by atoms with E-state index in [0.717, 1.165) is 21.0 Å². The molecule has 3 aromatic rings. The minimum absolute atomic E-state index is 0.117. The molecule has 1 fully saturated rings. The first-order valence-corrected chi connectivity index (χ1v) is 10.1. The van der Waals surface area contributed by atoms with Crippen LogP contribution in [0, 0.1) is 0 Å². The average molecular weight is 443 g/mol. The van der Waals surface area contributed by atoms with Gasteiger partial charge in [-0.1, -0.05) is 18.2 Å². The van der Waals surface area contributed by atoms with Gasteiger partial charge in [0, 0.05) is 29.7 Å². The molecule has 0 bridgehead atoms. The number of aliphatic hydroxyl groups excluding tert-OH is 2. The molecule has 4 rings (SSSR count). The molecule has 2 aromatic heterocycles. The third-order valence-corrected chi connectivity index (χ3v) is 5.78. The quantitative estimate of drug-likeness (QED) is 0.276. The zero-order chi connectivity index (χ0) is 23.0. The van der Waals surface area contributed by atoms with Gasteiger partial charge in [0.05, 0.1) is 6.61 Å². The lowest BCUT2D eigenvalue weighted by atomic mass is 9.96. The van der Waals surface area contributed by atoms with Crippen molar-refractivity contribution in [2.75, 3.05) is 11.9 Å². The number of aliphatic hydroxyl groups is 3. The minimum Gasteiger partial charge on any atom is -0.394 e. The molecule has 1 aromatic carbocycles. The smallest absolute Gasteiger partial charge is 0.351 e. The van der Waals surface area contributed by atoms with Gasteiger partial charge < -0.3 is 36.1 Å². The zero-order valence-electron chi connectivity index (χ0n) is 17.3. The van der Waals surface area contributed by atoms with E-state index < -0.39 is 48.3 Å². The first-order valence-electron chi connectivity index (χ1n) is 10.1. The van der Waals surface area contributed by atoms with Crippen molar-refractivity contribution in [3.8, 4) is 0 Å². The van der Waals surface area contributed by atoms with E-state index in [0.29, 0.717) is 0 Å². The number of aromatic nitrogens is 3. The number of nitrogens with two attached hydrogens (primary N) is 1. The predicted molar refractivity (Wildman–Crippen MR) is 115 cm³/mol. The molecular formula is C21H25N5O6. The second-order valence-electron chi connectivity index (χ2n) is 8.05. The number of amides is 1. The summed E-state index contributed by atoms with van der Waals surface area (Å²) < 4.78 is 6.47. The average Bonchev–Trinajstić information content (AvgIpc) is 3.26. The lowest BCUT2D eigenvalue weighted by molar-refractivity contribution is -0.118. The maximum absolute atomic E-state index is 12.6. The number of nitrogens with zero attached hydrogens (tertiary/aromatic N) is 2. The number of benzene rings is 1. The van der Waals surface area contributed by atoms with Crippen LogP contribution in [0.15, 0.2) is 47.5 Å². The van der Waals surface area contributed by atoms with Crippen LogP contribution in [0.1, 0.15) is 18.7 Å². The molecule has 1 aliphatic heterocycles. The molecule has 11 heteroatoms. The number of para-hydroxylation sites is 1. The van der Waals surface area contributed by atoms with Gasteiger partial charge in [-0.3, -0.25) is 9.36 Å². The van der Waals surface area contributed by atoms with Crippen molar-refractivity contribution in [3.63, 3.8) is 0 Å². The summed E-state index contributed by atoms with van der Waals surface area (Å²) in [6, 6.07) is 8.25. The largest absolute Gasteiger partial charge is 0.394 e. The number of fused-ring (bicyclic) bond motifs is 1. The monoisotopic (exact) mass is 443 g/mol. The van der Waals surface area contributed by atoms with Crippen molar-refractivity contribution >= 4 is 22.6 Å². The molecule has 3 heterocycles. The fourth-order valence-electron chi connectivity index (χ4n) is 3.98. The van der Waals surface area contributed by atoms with Crippen molar-refractivity contribution in [2.45, 2.75) is 43.4 Å². The van der Waals surface area contributed by atoms with Crippen LogP contribution in [0.4, 0.5) is 5.82 Å². The Kier molecular flexibility index (Phi) is 5.73. The molecule has 0 spiro atoms. The number of hydrogen-bond acceptors (Lipinski definition) is 8. The topological polar surface area (TPSA) is 176 Å². The molecule has 0 radical (unpaired) electrons. The highest BCUT2D eigenvalue weighted by atomic mass is 16.6. The SMILES string of the molecule is C[C@]1(O)C(n2ccc(NC(Cc3c[nH]c4ccccc34)C(N)=O)nc2=O)O[C@H](CO)[C@H]1O. The number of rotatable bonds is 7. The van der Waals surface area contributed by atoms with Gasteiger partial charge in [-0.05, 0) is 24.6 Å². The van der Waals surface area contributed by atoms with E-state index in [1.807, 2.05) is 24.3 Å². The number of hydrogen-bond donors (Lipinski definition) is 6. The van der Waals surface area contributed by atoms with E-state index in [1.165, 1.54) is 19.2 Å². The van der Waals surface area contributed by atoms with Crippen molar-refractivity contribution in [3.05, 3.63) is 58.8 Å². The molecular weight excluding hydrogens is 418 g/mol. The highest BCUT2D eigenvalue weighted by Crippen LogP contribution is 2.37. The second-order valence-corrected chi connectivity index (χ2v) is 8.05. The molecule has 0 aliphatic carbocycles. The number of nitrogens with one attached hydrogen (secondary N) is 2. The highest BCUT2D eigenvalue weighted by molar-refractivity contribution is 5.86. The second kappa shape index (κ2) is 8.36. The Morgan fingerprint density at radius 1 is 1.41 bits per heavy atom. The molecule has 11 nitrogen and oxygen atoms in total. The summed E-state index contributed by atoms with van der Waals surface area (Å²) in [5, 5.41) is 33.9. The number of anilines is 1. The fraction of sp³-hybridized carbons (Fsp3) is 0.381. The van der Waals surface area contributed by atoms with E-state index in [-0.39, 0.29) is 12.2 Å². The Bertz CT molecular complexity index is 1190. The summed E-state index contributed by atoms with van der Waals surface area (Å²) in [5.74, 6) is -0.496. The summed E-state index contributed by atoms with van der Waals surface area (Å²) in [4.78, 5) is 31.7. The third-order valence-electron chi connectivity index (χ3n) is 5.78. The van der Waals surface area contributed by atoms with Crippen LogP contribution in [0.25, 0.3) is 10.9 Å². The Balaban J connectivity index is 1.55. The van der Waals surface area contributed by atoms with Crippen LogP contribution in [0.5, 0.6) is 0 Å². The van der Waals surface area contributed by atoms with Gasteiger partial charge in [0.1, 0.15) is 29.7 Å². The summed E-state index contributed by atoms with van der Waals surface area (Å²) in [7, 11) is 0. The maximum atomic E-state index is 12.6. The van der Waals surface area contributed by atoms with Gasteiger partial charge in [-0.15, -0.1) is 0 Å². The van der Waals surface area contributed by atoms with Crippen LogP contribution in [-0.2, 0) is 16.0 Å². The molecule has 0 saturated carbocycles. The number of carbonyl (C=O) groups is 1.